The van der Waals surface area contributed by atoms with Crippen LogP contribution in [-0.4, -0.2) is 30.6 Å². The van der Waals surface area contributed by atoms with Crippen LogP contribution in [0.4, 0.5) is 0 Å². The average molecular weight is 366 g/mol. The van der Waals surface area contributed by atoms with E-state index >= 15 is 0 Å². The summed E-state index contributed by atoms with van der Waals surface area (Å²) in [4.78, 5) is 25.3. The third-order valence-corrected chi connectivity index (χ3v) is 4.80. The Labute approximate surface area is 158 Å². The Hall–Kier alpha value is -3.08. The SMILES string of the molecule is CCOC(=O)[C@@H]1C(=O)C=C(c2ccccc2O)C[C@@H]1c1ccc(OC)cc1. The molecule has 2 atom stereocenters. The second-order valence-electron chi connectivity index (χ2n) is 6.40. The number of methoxy groups -OCH3 is 1. The van der Waals surface area contributed by atoms with Crippen molar-refractivity contribution in [3.05, 3.63) is 65.7 Å². The van der Waals surface area contributed by atoms with Gasteiger partial charge in [0.1, 0.15) is 17.4 Å². The Morgan fingerprint density at radius 2 is 1.85 bits per heavy atom. The van der Waals surface area contributed by atoms with E-state index in [9.17, 15) is 14.7 Å². The van der Waals surface area contributed by atoms with E-state index in [-0.39, 0.29) is 24.1 Å². The van der Waals surface area contributed by atoms with Crippen molar-refractivity contribution in [2.75, 3.05) is 13.7 Å². The lowest BCUT2D eigenvalue weighted by atomic mass is 9.73. The van der Waals surface area contributed by atoms with Gasteiger partial charge >= 0.3 is 5.97 Å². The highest BCUT2D eigenvalue weighted by molar-refractivity contribution is 6.11. The molecule has 0 radical (unpaired) electrons. The van der Waals surface area contributed by atoms with E-state index in [1.807, 2.05) is 12.1 Å². The summed E-state index contributed by atoms with van der Waals surface area (Å²) in [6.07, 6.45) is 1.90. The number of hydrogen-bond acceptors (Lipinski definition) is 5. The number of aromatic hydroxyl groups is 1. The number of benzene rings is 2. The Kier molecular flexibility index (Phi) is 5.60. The van der Waals surface area contributed by atoms with Crippen molar-refractivity contribution in [2.45, 2.75) is 19.3 Å². The van der Waals surface area contributed by atoms with Gasteiger partial charge in [-0.05, 0) is 48.8 Å². The first-order chi connectivity index (χ1) is 13.0. The van der Waals surface area contributed by atoms with Crippen molar-refractivity contribution >= 4 is 17.3 Å². The van der Waals surface area contributed by atoms with Crippen LogP contribution in [0.15, 0.2) is 54.6 Å². The van der Waals surface area contributed by atoms with E-state index in [1.165, 1.54) is 6.08 Å². The number of carbonyl (C=O) groups is 2. The molecule has 0 aromatic heterocycles. The fourth-order valence-corrected chi connectivity index (χ4v) is 3.48. The molecule has 0 aliphatic heterocycles. The number of para-hydroxylation sites is 1. The predicted octanol–water partition coefficient (Wildman–Crippen LogP) is 3.72. The molecular formula is C22H22O5. The third-order valence-electron chi connectivity index (χ3n) is 4.80. The minimum Gasteiger partial charge on any atom is -0.507 e. The molecule has 5 heteroatoms. The highest BCUT2D eigenvalue weighted by Gasteiger charge is 2.40. The second-order valence-corrected chi connectivity index (χ2v) is 6.40. The number of hydrogen-bond donors (Lipinski definition) is 1. The highest BCUT2D eigenvalue weighted by Crippen LogP contribution is 2.42. The van der Waals surface area contributed by atoms with Crippen LogP contribution in [0.25, 0.3) is 5.57 Å². The molecule has 2 aromatic rings. The second kappa shape index (κ2) is 8.08. The van der Waals surface area contributed by atoms with Gasteiger partial charge in [0, 0.05) is 11.5 Å². The minimum absolute atomic E-state index is 0.111. The van der Waals surface area contributed by atoms with Crippen LogP contribution in [-0.2, 0) is 14.3 Å². The van der Waals surface area contributed by atoms with Gasteiger partial charge in [-0.1, -0.05) is 30.3 Å². The predicted molar refractivity (Wildman–Crippen MR) is 102 cm³/mol. The zero-order valence-corrected chi connectivity index (χ0v) is 15.3. The minimum atomic E-state index is -0.895. The van der Waals surface area contributed by atoms with Gasteiger partial charge < -0.3 is 14.6 Å². The van der Waals surface area contributed by atoms with Crippen molar-refractivity contribution in [2.24, 2.45) is 5.92 Å². The molecule has 2 aromatic carbocycles. The molecular weight excluding hydrogens is 344 g/mol. The molecule has 1 aliphatic rings. The Bertz CT molecular complexity index is 867. The number of esters is 1. The quantitative estimate of drug-likeness (QED) is 0.645. The zero-order valence-electron chi connectivity index (χ0n) is 15.3. The molecule has 1 aliphatic carbocycles. The summed E-state index contributed by atoms with van der Waals surface area (Å²) in [6.45, 7) is 1.94. The summed E-state index contributed by atoms with van der Waals surface area (Å²) in [5, 5.41) is 10.2. The normalized spacial score (nSPS) is 19.3. The van der Waals surface area contributed by atoms with E-state index in [0.717, 1.165) is 5.56 Å². The van der Waals surface area contributed by atoms with Crippen molar-refractivity contribution in [1.82, 2.24) is 0 Å². The van der Waals surface area contributed by atoms with Crippen molar-refractivity contribution in [3.63, 3.8) is 0 Å². The Balaban J connectivity index is 2.03. The number of rotatable bonds is 5. The average Bonchev–Trinajstić information content (AvgIpc) is 2.68. The highest BCUT2D eigenvalue weighted by atomic mass is 16.5. The maximum Gasteiger partial charge on any atom is 0.317 e. The van der Waals surface area contributed by atoms with Crippen LogP contribution in [0.1, 0.15) is 30.4 Å². The number of ketones is 1. The lowest BCUT2D eigenvalue weighted by Crippen LogP contribution is -2.34. The molecule has 0 fully saturated rings. The largest absolute Gasteiger partial charge is 0.507 e. The summed E-state index contributed by atoms with van der Waals surface area (Å²) in [5.41, 5.74) is 2.16. The fourth-order valence-electron chi connectivity index (χ4n) is 3.48. The van der Waals surface area contributed by atoms with E-state index < -0.39 is 11.9 Å². The molecule has 0 heterocycles. The summed E-state index contributed by atoms with van der Waals surface area (Å²) >= 11 is 0. The van der Waals surface area contributed by atoms with E-state index in [0.29, 0.717) is 23.3 Å². The number of ether oxygens (including phenoxy) is 2. The summed E-state index contributed by atoms with van der Waals surface area (Å²) in [5.74, 6) is -1.28. The van der Waals surface area contributed by atoms with Gasteiger partial charge in [-0.2, -0.15) is 0 Å². The van der Waals surface area contributed by atoms with Gasteiger partial charge in [0.15, 0.2) is 5.78 Å². The van der Waals surface area contributed by atoms with Gasteiger partial charge in [-0.25, -0.2) is 0 Å². The van der Waals surface area contributed by atoms with E-state index in [4.69, 9.17) is 9.47 Å². The molecule has 1 N–H and O–H groups in total. The third kappa shape index (κ3) is 3.87. The van der Waals surface area contributed by atoms with Crippen LogP contribution in [0, 0.1) is 5.92 Å². The monoisotopic (exact) mass is 366 g/mol. The van der Waals surface area contributed by atoms with Gasteiger partial charge in [0.2, 0.25) is 0 Å². The van der Waals surface area contributed by atoms with Crippen LogP contribution in [0.2, 0.25) is 0 Å². The van der Waals surface area contributed by atoms with Crippen LogP contribution in [0.3, 0.4) is 0 Å². The van der Waals surface area contributed by atoms with Crippen LogP contribution in [0.5, 0.6) is 11.5 Å². The molecule has 0 saturated carbocycles. The smallest absolute Gasteiger partial charge is 0.317 e. The molecule has 5 nitrogen and oxygen atoms in total. The number of carbonyl (C=O) groups excluding carboxylic acids is 2. The van der Waals surface area contributed by atoms with Gasteiger partial charge in [-0.15, -0.1) is 0 Å². The molecule has 0 bridgehead atoms. The standard InChI is InChI=1S/C22H22O5/c1-3-27-22(25)21-18(14-8-10-16(26-2)11-9-14)12-15(13-20(21)24)17-6-4-5-7-19(17)23/h4-11,13,18,21,23H,3,12H2,1-2H3/t18-,21+/m1/s1. The number of phenolic OH excluding ortho intramolecular Hbond substituents is 1. The molecule has 0 unspecified atom stereocenters. The maximum atomic E-state index is 12.8. The first kappa shape index (κ1) is 18.7. The van der Waals surface area contributed by atoms with Gasteiger partial charge in [0.05, 0.1) is 13.7 Å². The zero-order chi connectivity index (χ0) is 19.4. The van der Waals surface area contributed by atoms with Crippen molar-refractivity contribution in [1.29, 1.82) is 0 Å². The molecule has 0 amide bonds. The van der Waals surface area contributed by atoms with Gasteiger partial charge in [0.25, 0.3) is 0 Å². The number of phenols is 1. The van der Waals surface area contributed by atoms with Gasteiger partial charge in [-0.3, -0.25) is 9.59 Å². The van der Waals surface area contributed by atoms with Crippen molar-refractivity contribution < 1.29 is 24.2 Å². The molecule has 140 valence electrons. The molecule has 3 rings (SSSR count). The van der Waals surface area contributed by atoms with E-state index in [1.54, 1.807) is 50.4 Å². The number of allylic oxidation sites excluding steroid dienone is 2. The van der Waals surface area contributed by atoms with Crippen LogP contribution >= 0.6 is 0 Å². The lowest BCUT2D eigenvalue weighted by molar-refractivity contribution is -0.151. The van der Waals surface area contributed by atoms with Crippen molar-refractivity contribution in [3.8, 4) is 11.5 Å². The lowest BCUT2D eigenvalue weighted by Gasteiger charge is -2.29. The molecule has 0 saturated heterocycles. The Morgan fingerprint density at radius 1 is 1.15 bits per heavy atom. The van der Waals surface area contributed by atoms with E-state index in [2.05, 4.69) is 0 Å². The molecule has 0 spiro atoms. The maximum absolute atomic E-state index is 12.8. The first-order valence-corrected chi connectivity index (χ1v) is 8.88. The summed E-state index contributed by atoms with van der Waals surface area (Å²) in [6, 6.07) is 14.2. The first-order valence-electron chi connectivity index (χ1n) is 8.88. The van der Waals surface area contributed by atoms with Crippen LogP contribution < -0.4 is 4.74 Å². The summed E-state index contributed by atoms with van der Waals surface area (Å²) < 4.78 is 10.3. The fraction of sp³-hybridized carbons (Fsp3) is 0.273. The topological polar surface area (TPSA) is 72.8 Å². The summed E-state index contributed by atoms with van der Waals surface area (Å²) in [7, 11) is 1.58. The Morgan fingerprint density at radius 3 is 2.48 bits per heavy atom. The molecule has 27 heavy (non-hydrogen) atoms.